The molecule has 0 bridgehead atoms. The first-order valence-corrected chi connectivity index (χ1v) is 12.0. The number of ether oxygens (including phenoxy) is 1. The number of methoxy groups -OCH3 is 1. The van der Waals surface area contributed by atoms with Crippen molar-refractivity contribution in [2.24, 2.45) is 22.2 Å². The van der Waals surface area contributed by atoms with Gasteiger partial charge in [-0.1, -0.05) is 18.2 Å². The fourth-order valence-electron chi connectivity index (χ4n) is 3.61. The van der Waals surface area contributed by atoms with Crippen LogP contribution in [0.25, 0.3) is 0 Å². The van der Waals surface area contributed by atoms with E-state index in [9.17, 15) is 29.1 Å². The molecule has 0 radical (unpaired) electrons. The second kappa shape index (κ2) is 15.5. The fraction of sp³-hybridized carbons (Fsp3) is 0.458. The van der Waals surface area contributed by atoms with Gasteiger partial charge in [0.1, 0.15) is 23.7 Å². The number of carbonyl (C=O) groups excluding carboxylic acids is 4. The molecule has 0 saturated carbocycles. The Morgan fingerprint density at radius 2 is 1.90 bits per heavy atom. The van der Waals surface area contributed by atoms with Crippen molar-refractivity contribution in [1.82, 2.24) is 16.0 Å². The molecule has 0 spiro atoms. The van der Waals surface area contributed by atoms with E-state index in [1.54, 1.807) is 18.2 Å². The summed E-state index contributed by atoms with van der Waals surface area (Å²) in [5, 5.41) is 24.4. The molecule has 214 valence electrons. The van der Waals surface area contributed by atoms with E-state index in [2.05, 4.69) is 25.7 Å². The number of amidine groups is 1. The summed E-state index contributed by atoms with van der Waals surface area (Å²) >= 11 is 0. The average molecular weight is 549 g/mol. The lowest BCUT2D eigenvalue weighted by Crippen LogP contribution is -2.63. The molecule has 0 aromatic heterocycles. The highest BCUT2D eigenvalue weighted by Gasteiger charge is 2.42. The molecule has 1 aromatic rings. The van der Waals surface area contributed by atoms with E-state index in [1.165, 1.54) is 13.0 Å². The standard InChI is InChI=1S/C24H36N8O7/c1-14(20(36)31-17(13-33)7-4-10-29-22(27)28)30-21(37)24(9-8-18(34)35,32-23(38)39-2)12-15-5-3-6-16(11-15)19(25)26/h3,5-6,11,13-14,17H,4,7-10,12H2,1-2H3,(H3,25,26)(H,30,37)(H,31,36)(H,32,38)(H,34,35)(H4,27,28,29)/t14-,17-,24+/m0/s1. The maximum Gasteiger partial charge on any atom is 0.407 e. The summed E-state index contributed by atoms with van der Waals surface area (Å²) in [5.74, 6) is -3.10. The van der Waals surface area contributed by atoms with Gasteiger partial charge in [-0.05, 0) is 37.8 Å². The molecule has 3 amide bonds. The van der Waals surface area contributed by atoms with Crippen LogP contribution in [0.1, 0.15) is 43.7 Å². The van der Waals surface area contributed by atoms with Crippen molar-refractivity contribution >= 4 is 42.0 Å². The number of carboxylic acids is 1. The van der Waals surface area contributed by atoms with Gasteiger partial charge >= 0.3 is 12.1 Å². The molecule has 0 saturated heterocycles. The summed E-state index contributed by atoms with van der Waals surface area (Å²) in [6.45, 7) is 1.62. The van der Waals surface area contributed by atoms with Gasteiger partial charge in [-0.25, -0.2) is 4.79 Å². The number of aliphatic carboxylic acids is 1. The van der Waals surface area contributed by atoms with Crippen molar-refractivity contribution in [2.45, 2.75) is 56.7 Å². The normalized spacial score (nSPS) is 13.5. The molecule has 1 rings (SSSR count). The van der Waals surface area contributed by atoms with Crippen molar-refractivity contribution in [3.05, 3.63) is 35.4 Å². The van der Waals surface area contributed by atoms with Gasteiger partial charge in [-0.3, -0.25) is 24.8 Å². The van der Waals surface area contributed by atoms with Gasteiger partial charge in [0, 0.05) is 24.9 Å². The van der Waals surface area contributed by atoms with Crippen molar-refractivity contribution in [3.63, 3.8) is 0 Å². The van der Waals surface area contributed by atoms with E-state index < -0.39 is 47.9 Å². The molecule has 15 nitrogen and oxygen atoms in total. The molecule has 0 fully saturated rings. The van der Waals surface area contributed by atoms with Crippen LogP contribution in [0.2, 0.25) is 0 Å². The van der Waals surface area contributed by atoms with Crippen molar-refractivity contribution in [3.8, 4) is 0 Å². The number of amides is 3. The highest BCUT2D eigenvalue weighted by Crippen LogP contribution is 2.22. The van der Waals surface area contributed by atoms with Crippen LogP contribution in [0.15, 0.2) is 29.3 Å². The number of carbonyl (C=O) groups is 5. The molecule has 0 aliphatic rings. The number of rotatable bonds is 16. The third-order valence-corrected chi connectivity index (χ3v) is 5.67. The van der Waals surface area contributed by atoms with Gasteiger partial charge in [-0.15, -0.1) is 0 Å². The Morgan fingerprint density at radius 1 is 1.21 bits per heavy atom. The average Bonchev–Trinajstić information content (AvgIpc) is 2.88. The smallest absolute Gasteiger partial charge is 0.407 e. The summed E-state index contributed by atoms with van der Waals surface area (Å²) < 4.78 is 4.67. The maximum absolute atomic E-state index is 13.6. The lowest BCUT2D eigenvalue weighted by Gasteiger charge is -2.34. The number of nitrogen functional groups attached to an aromatic ring is 1. The third kappa shape index (κ3) is 11.1. The van der Waals surface area contributed by atoms with E-state index in [4.69, 9.17) is 22.6 Å². The predicted octanol–water partition coefficient (Wildman–Crippen LogP) is -1.29. The highest BCUT2D eigenvalue weighted by molar-refractivity contribution is 5.96. The largest absolute Gasteiger partial charge is 0.481 e. The summed E-state index contributed by atoms with van der Waals surface area (Å²) in [5.41, 5.74) is 15.0. The lowest BCUT2D eigenvalue weighted by atomic mass is 9.84. The molecule has 0 aliphatic carbocycles. The summed E-state index contributed by atoms with van der Waals surface area (Å²) in [7, 11) is 1.08. The zero-order valence-corrected chi connectivity index (χ0v) is 21.9. The number of aldehydes is 1. The fourth-order valence-corrected chi connectivity index (χ4v) is 3.61. The van der Waals surface area contributed by atoms with Crippen LogP contribution in [0, 0.1) is 5.41 Å². The van der Waals surface area contributed by atoms with E-state index in [0.717, 1.165) is 7.11 Å². The predicted molar refractivity (Wildman–Crippen MR) is 142 cm³/mol. The van der Waals surface area contributed by atoms with E-state index in [0.29, 0.717) is 23.8 Å². The van der Waals surface area contributed by atoms with Gasteiger partial charge in [0.05, 0.1) is 13.2 Å². The van der Waals surface area contributed by atoms with Crippen LogP contribution in [-0.4, -0.2) is 78.3 Å². The van der Waals surface area contributed by atoms with Crippen molar-refractivity contribution in [1.29, 1.82) is 5.41 Å². The maximum atomic E-state index is 13.6. The molecule has 0 unspecified atom stereocenters. The van der Waals surface area contributed by atoms with Crippen LogP contribution in [0.4, 0.5) is 4.79 Å². The number of hydrogen-bond donors (Lipinski definition) is 8. The Labute approximate surface area is 225 Å². The molecule has 11 N–H and O–H groups in total. The van der Waals surface area contributed by atoms with Crippen LogP contribution in [-0.2, 0) is 30.3 Å². The second-order valence-electron chi connectivity index (χ2n) is 8.78. The monoisotopic (exact) mass is 548 g/mol. The van der Waals surface area contributed by atoms with Crippen LogP contribution in [0.3, 0.4) is 0 Å². The van der Waals surface area contributed by atoms with Crippen molar-refractivity contribution in [2.75, 3.05) is 13.7 Å². The van der Waals surface area contributed by atoms with Crippen LogP contribution in [0.5, 0.6) is 0 Å². The summed E-state index contributed by atoms with van der Waals surface area (Å²) in [4.78, 5) is 65.2. The van der Waals surface area contributed by atoms with E-state index in [1.807, 2.05) is 0 Å². The number of nitrogens with zero attached hydrogens (tertiary/aromatic N) is 1. The second-order valence-corrected chi connectivity index (χ2v) is 8.78. The van der Waals surface area contributed by atoms with Gasteiger partial charge in [0.25, 0.3) is 0 Å². The van der Waals surface area contributed by atoms with Gasteiger partial charge in [0.2, 0.25) is 11.8 Å². The number of nitrogens with one attached hydrogen (secondary N) is 4. The number of benzene rings is 1. The molecule has 0 aliphatic heterocycles. The lowest BCUT2D eigenvalue weighted by molar-refractivity contribution is -0.138. The summed E-state index contributed by atoms with van der Waals surface area (Å²) in [6.07, 6.45) is -0.888. The first-order valence-electron chi connectivity index (χ1n) is 12.0. The number of nitrogens with two attached hydrogens (primary N) is 3. The molecule has 3 atom stereocenters. The molecule has 0 heterocycles. The Hall–Kier alpha value is -4.69. The molecule has 15 heteroatoms. The third-order valence-electron chi connectivity index (χ3n) is 5.67. The minimum absolute atomic E-state index is 0.0991. The zero-order chi connectivity index (χ0) is 29.6. The molecular weight excluding hydrogens is 512 g/mol. The number of carboxylic acid groups (broad SMARTS) is 1. The topological polar surface area (TPSA) is 265 Å². The van der Waals surface area contributed by atoms with E-state index >= 15 is 0 Å². The van der Waals surface area contributed by atoms with Crippen LogP contribution < -0.4 is 33.2 Å². The molecule has 39 heavy (non-hydrogen) atoms. The van der Waals surface area contributed by atoms with Crippen molar-refractivity contribution < 1.29 is 33.8 Å². The first kappa shape index (κ1) is 32.3. The molecule has 1 aromatic carbocycles. The minimum atomic E-state index is -1.86. The summed E-state index contributed by atoms with van der Waals surface area (Å²) in [6, 6.07) is 4.26. The van der Waals surface area contributed by atoms with Gasteiger partial charge < -0.3 is 47.8 Å². The van der Waals surface area contributed by atoms with Gasteiger partial charge in [0.15, 0.2) is 5.96 Å². The van der Waals surface area contributed by atoms with Gasteiger partial charge in [-0.2, -0.15) is 0 Å². The van der Waals surface area contributed by atoms with E-state index in [-0.39, 0.29) is 37.6 Å². The quantitative estimate of drug-likeness (QED) is 0.0524. The number of guanidine groups is 1. The Balaban J connectivity index is 3.19. The first-order chi connectivity index (χ1) is 18.3. The molecular formula is C24H36N8O7. The number of hydrogen-bond acceptors (Lipinski definition) is 8. The minimum Gasteiger partial charge on any atom is -0.481 e. The Morgan fingerprint density at radius 3 is 2.46 bits per heavy atom. The van der Waals surface area contributed by atoms with Crippen LogP contribution >= 0.6 is 0 Å². The SMILES string of the molecule is COC(=O)N[C@](CCC(=O)O)(Cc1cccc(C(=N)N)c1)C(=O)N[C@@H](C)C(=O)N[C@H](C=O)CCCN=C(N)N. The Bertz CT molecular complexity index is 1090. The zero-order valence-electron chi connectivity index (χ0n) is 21.9. The number of aliphatic imine (C=N–C) groups is 1. The Kier molecular flexibility index (Phi) is 12.9. The number of alkyl carbamates (subject to hydrolysis) is 1. The highest BCUT2D eigenvalue weighted by atomic mass is 16.5.